The molecule has 1 aromatic heterocycles. The first kappa shape index (κ1) is 16.2. The summed E-state index contributed by atoms with van der Waals surface area (Å²) in [4.78, 5) is 10.3. The van der Waals surface area contributed by atoms with Gasteiger partial charge in [0.15, 0.2) is 0 Å². The van der Waals surface area contributed by atoms with Crippen molar-refractivity contribution >= 4 is 15.8 Å². The fourth-order valence-corrected chi connectivity index (χ4v) is 2.70. The molecule has 0 radical (unpaired) electrons. The normalized spacial score (nSPS) is 11.2. The SMILES string of the molecule is COc1ccc(S(=O)(=O)NCc2nccc(N(C)C)n2)cc1. The van der Waals surface area contributed by atoms with Gasteiger partial charge in [-0.2, -0.15) is 0 Å². The molecule has 0 aliphatic rings. The van der Waals surface area contributed by atoms with Gasteiger partial charge in [0.1, 0.15) is 17.4 Å². The molecule has 0 atom stereocenters. The van der Waals surface area contributed by atoms with Gasteiger partial charge in [0.05, 0.1) is 18.6 Å². The molecule has 0 spiro atoms. The number of methoxy groups -OCH3 is 1. The molecule has 2 aromatic rings. The highest BCUT2D eigenvalue weighted by molar-refractivity contribution is 7.89. The van der Waals surface area contributed by atoms with Crippen LogP contribution in [0.3, 0.4) is 0 Å². The van der Waals surface area contributed by atoms with Gasteiger partial charge < -0.3 is 9.64 Å². The Morgan fingerprint density at radius 2 is 1.86 bits per heavy atom. The van der Waals surface area contributed by atoms with Gasteiger partial charge in [0.25, 0.3) is 0 Å². The molecular weight excluding hydrogens is 304 g/mol. The van der Waals surface area contributed by atoms with Gasteiger partial charge in [0, 0.05) is 20.3 Å². The number of hydrogen-bond donors (Lipinski definition) is 1. The molecular formula is C14H18N4O3S. The van der Waals surface area contributed by atoms with Crippen LogP contribution >= 0.6 is 0 Å². The second-order valence-corrected chi connectivity index (χ2v) is 6.49. The lowest BCUT2D eigenvalue weighted by molar-refractivity contribution is 0.414. The second-order valence-electron chi connectivity index (χ2n) is 4.73. The zero-order chi connectivity index (χ0) is 16.2. The predicted octanol–water partition coefficient (Wildman–Crippen LogP) is 1.03. The molecule has 8 heteroatoms. The minimum absolute atomic E-state index is 0.0239. The molecule has 0 bridgehead atoms. The van der Waals surface area contributed by atoms with Crippen LogP contribution in [0.5, 0.6) is 5.75 Å². The molecule has 1 heterocycles. The molecule has 0 saturated heterocycles. The molecule has 7 nitrogen and oxygen atoms in total. The van der Waals surface area contributed by atoms with E-state index in [2.05, 4.69) is 14.7 Å². The minimum Gasteiger partial charge on any atom is -0.497 e. The van der Waals surface area contributed by atoms with Crippen LogP contribution in [-0.2, 0) is 16.6 Å². The van der Waals surface area contributed by atoms with E-state index in [0.29, 0.717) is 17.4 Å². The van der Waals surface area contributed by atoms with Gasteiger partial charge in [0.2, 0.25) is 10.0 Å². The summed E-state index contributed by atoms with van der Waals surface area (Å²) in [6.07, 6.45) is 1.60. The van der Waals surface area contributed by atoms with Crippen molar-refractivity contribution in [3.63, 3.8) is 0 Å². The summed E-state index contributed by atoms with van der Waals surface area (Å²) in [5.41, 5.74) is 0. The Labute approximate surface area is 130 Å². The molecule has 0 fully saturated rings. The third-order valence-electron chi connectivity index (χ3n) is 2.94. The van der Waals surface area contributed by atoms with Gasteiger partial charge in [-0.25, -0.2) is 23.1 Å². The van der Waals surface area contributed by atoms with E-state index in [4.69, 9.17) is 4.74 Å². The first-order valence-electron chi connectivity index (χ1n) is 6.55. The Balaban J connectivity index is 2.10. The van der Waals surface area contributed by atoms with E-state index in [1.54, 1.807) is 24.4 Å². The number of nitrogens with zero attached hydrogens (tertiary/aromatic N) is 3. The van der Waals surface area contributed by atoms with E-state index in [1.807, 2.05) is 19.0 Å². The van der Waals surface area contributed by atoms with Gasteiger partial charge in [-0.15, -0.1) is 0 Å². The van der Waals surface area contributed by atoms with Crippen LogP contribution in [0.15, 0.2) is 41.4 Å². The van der Waals surface area contributed by atoms with Crippen molar-refractivity contribution in [2.24, 2.45) is 0 Å². The molecule has 22 heavy (non-hydrogen) atoms. The minimum atomic E-state index is -3.62. The number of aromatic nitrogens is 2. The third kappa shape index (κ3) is 3.92. The van der Waals surface area contributed by atoms with Crippen LogP contribution in [0, 0.1) is 0 Å². The average molecular weight is 322 g/mol. The third-order valence-corrected chi connectivity index (χ3v) is 4.36. The van der Waals surface area contributed by atoms with Crippen LogP contribution in [-0.4, -0.2) is 39.6 Å². The first-order chi connectivity index (χ1) is 10.4. The van der Waals surface area contributed by atoms with Crippen LogP contribution in [0.2, 0.25) is 0 Å². The fourth-order valence-electron chi connectivity index (χ4n) is 1.72. The van der Waals surface area contributed by atoms with Crippen molar-refractivity contribution in [3.8, 4) is 5.75 Å². The Hall–Kier alpha value is -2.19. The monoisotopic (exact) mass is 322 g/mol. The Bertz CT molecular complexity index is 730. The number of nitrogens with one attached hydrogen (secondary N) is 1. The Morgan fingerprint density at radius 1 is 1.18 bits per heavy atom. The van der Waals surface area contributed by atoms with Gasteiger partial charge in [-0.3, -0.25) is 0 Å². The fraction of sp³-hybridized carbons (Fsp3) is 0.286. The van der Waals surface area contributed by atoms with E-state index in [-0.39, 0.29) is 11.4 Å². The van der Waals surface area contributed by atoms with Crippen LogP contribution < -0.4 is 14.4 Å². The highest BCUT2D eigenvalue weighted by Crippen LogP contribution is 2.15. The highest BCUT2D eigenvalue weighted by atomic mass is 32.2. The van der Waals surface area contributed by atoms with Gasteiger partial charge in [-0.05, 0) is 30.3 Å². The summed E-state index contributed by atoms with van der Waals surface area (Å²) in [5, 5.41) is 0. The number of rotatable bonds is 6. The number of anilines is 1. The molecule has 0 aliphatic carbocycles. The van der Waals surface area contributed by atoms with Crippen LogP contribution in [0.25, 0.3) is 0 Å². The molecule has 1 aromatic carbocycles. The number of hydrogen-bond acceptors (Lipinski definition) is 6. The van der Waals surface area contributed by atoms with Crippen molar-refractivity contribution < 1.29 is 13.2 Å². The van der Waals surface area contributed by atoms with E-state index < -0.39 is 10.0 Å². The van der Waals surface area contributed by atoms with Crippen molar-refractivity contribution in [1.82, 2.24) is 14.7 Å². The van der Waals surface area contributed by atoms with E-state index >= 15 is 0 Å². The molecule has 2 rings (SSSR count). The quantitative estimate of drug-likeness (QED) is 0.855. The summed E-state index contributed by atoms with van der Waals surface area (Å²) < 4.78 is 31.9. The van der Waals surface area contributed by atoms with E-state index in [0.717, 1.165) is 0 Å². The molecule has 0 aliphatic heterocycles. The average Bonchev–Trinajstić information content (AvgIpc) is 2.53. The maximum absolute atomic E-state index is 12.2. The van der Waals surface area contributed by atoms with Crippen molar-refractivity contribution in [1.29, 1.82) is 0 Å². The maximum Gasteiger partial charge on any atom is 0.240 e. The largest absolute Gasteiger partial charge is 0.497 e. The Morgan fingerprint density at radius 3 is 2.45 bits per heavy atom. The standard InChI is InChI=1S/C14H18N4O3S/c1-18(2)14-8-9-15-13(17-14)10-16-22(19,20)12-6-4-11(21-3)5-7-12/h4-9,16H,10H2,1-3H3. The van der Waals surface area contributed by atoms with Crippen molar-refractivity contribution in [2.45, 2.75) is 11.4 Å². The zero-order valence-corrected chi connectivity index (χ0v) is 13.5. The summed E-state index contributed by atoms with van der Waals surface area (Å²) in [6.45, 7) is 0.0239. The topological polar surface area (TPSA) is 84.4 Å². The van der Waals surface area contributed by atoms with Crippen LogP contribution in [0.4, 0.5) is 5.82 Å². The smallest absolute Gasteiger partial charge is 0.240 e. The zero-order valence-electron chi connectivity index (χ0n) is 12.6. The maximum atomic E-state index is 12.2. The summed E-state index contributed by atoms with van der Waals surface area (Å²) in [5.74, 6) is 1.72. The lowest BCUT2D eigenvalue weighted by atomic mass is 10.3. The summed E-state index contributed by atoms with van der Waals surface area (Å²) >= 11 is 0. The first-order valence-corrected chi connectivity index (χ1v) is 8.03. The second kappa shape index (κ2) is 6.71. The number of ether oxygens (including phenoxy) is 1. The van der Waals surface area contributed by atoms with E-state index in [9.17, 15) is 8.42 Å². The lowest BCUT2D eigenvalue weighted by Crippen LogP contribution is -2.24. The lowest BCUT2D eigenvalue weighted by Gasteiger charge is -2.12. The molecule has 0 unspecified atom stereocenters. The molecule has 118 valence electrons. The Kier molecular flexibility index (Phi) is 4.94. The highest BCUT2D eigenvalue weighted by Gasteiger charge is 2.14. The van der Waals surface area contributed by atoms with Crippen LogP contribution in [0.1, 0.15) is 5.82 Å². The molecule has 1 N–H and O–H groups in total. The predicted molar refractivity (Wildman–Crippen MR) is 83.4 cm³/mol. The van der Waals surface area contributed by atoms with Crippen molar-refractivity contribution in [3.05, 3.63) is 42.4 Å². The number of sulfonamides is 1. The summed E-state index contributed by atoms with van der Waals surface area (Å²) in [7, 11) is 1.62. The summed E-state index contributed by atoms with van der Waals surface area (Å²) in [6, 6.07) is 7.91. The van der Waals surface area contributed by atoms with E-state index in [1.165, 1.54) is 19.2 Å². The van der Waals surface area contributed by atoms with Gasteiger partial charge >= 0.3 is 0 Å². The molecule has 0 amide bonds. The van der Waals surface area contributed by atoms with Gasteiger partial charge in [-0.1, -0.05) is 0 Å². The van der Waals surface area contributed by atoms with Crippen molar-refractivity contribution in [2.75, 3.05) is 26.1 Å². The number of benzene rings is 1. The molecule has 0 saturated carbocycles.